The molecule has 1 atom stereocenters. The van der Waals surface area contributed by atoms with Gasteiger partial charge in [0.05, 0.1) is 12.0 Å². The number of aromatic nitrogens is 1. The van der Waals surface area contributed by atoms with E-state index in [0.717, 1.165) is 16.9 Å². The number of pyridine rings is 1. The second kappa shape index (κ2) is 7.34. The van der Waals surface area contributed by atoms with E-state index in [1.54, 1.807) is 6.20 Å². The number of para-hydroxylation sites is 1. The maximum atomic E-state index is 12.4. The standard InChI is InChI=1S/C19H22N2O3/c1-13(2)24-18-8-7-14(10-20-18)11-21-19(22)16-9-15-5-3-4-6-17(15)23-12-16/h3-8,10,13,16H,9,11-12H2,1-2H3,(H,21,22). The average Bonchev–Trinajstić information content (AvgIpc) is 2.60. The van der Waals surface area contributed by atoms with E-state index in [1.165, 1.54) is 0 Å². The van der Waals surface area contributed by atoms with E-state index in [0.29, 0.717) is 25.5 Å². The highest BCUT2D eigenvalue weighted by Gasteiger charge is 2.25. The maximum absolute atomic E-state index is 12.4. The molecule has 1 unspecified atom stereocenters. The number of fused-ring (bicyclic) bond motifs is 1. The first kappa shape index (κ1) is 16.3. The van der Waals surface area contributed by atoms with Gasteiger partial charge in [-0.2, -0.15) is 0 Å². The lowest BCUT2D eigenvalue weighted by Crippen LogP contribution is -2.37. The van der Waals surface area contributed by atoms with E-state index in [-0.39, 0.29) is 17.9 Å². The number of hydrogen-bond acceptors (Lipinski definition) is 4. The number of carbonyl (C=O) groups excluding carboxylic acids is 1. The van der Waals surface area contributed by atoms with E-state index in [2.05, 4.69) is 10.3 Å². The molecule has 1 amide bonds. The maximum Gasteiger partial charge on any atom is 0.227 e. The van der Waals surface area contributed by atoms with Crippen LogP contribution in [0, 0.1) is 5.92 Å². The molecule has 5 heteroatoms. The van der Waals surface area contributed by atoms with E-state index >= 15 is 0 Å². The van der Waals surface area contributed by atoms with Crippen molar-refractivity contribution in [3.05, 3.63) is 53.7 Å². The molecule has 24 heavy (non-hydrogen) atoms. The number of carbonyl (C=O) groups is 1. The van der Waals surface area contributed by atoms with Crippen molar-refractivity contribution in [1.29, 1.82) is 0 Å². The van der Waals surface area contributed by atoms with E-state index in [4.69, 9.17) is 9.47 Å². The van der Waals surface area contributed by atoms with Gasteiger partial charge in [-0.25, -0.2) is 4.98 Å². The molecule has 1 aliphatic rings. The van der Waals surface area contributed by atoms with Gasteiger partial charge in [0.25, 0.3) is 0 Å². The van der Waals surface area contributed by atoms with Crippen LogP contribution in [0.15, 0.2) is 42.6 Å². The van der Waals surface area contributed by atoms with Crippen LogP contribution in [0.1, 0.15) is 25.0 Å². The minimum atomic E-state index is -0.156. The van der Waals surface area contributed by atoms with Crippen molar-refractivity contribution >= 4 is 5.91 Å². The molecule has 0 saturated carbocycles. The summed E-state index contributed by atoms with van der Waals surface area (Å²) in [6.45, 7) is 4.79. The second-order valence-electron chi connectivity index (χ2n) is 6.21. The smallest absolute Gasteiger partial charge is 0.227 e. The molecule has 126 valence electrons. The van der Waals surface area contributed by atoms with Crippen LogP contribution in [-0.2, 0) is 17.8 Å². The minimum absolute atomic E-state index is 0.00649. The number of ether oxygens (including phenoxy) is 2. The fraction of sp³-hybridized carbons (Fsp3) is 0.368. The topological polar surface area (TPSA) is 60.5 Å². The van der Waals surface area contributed by atoms with Crippen molar-refractivity contribution in [3.8, 4) is 11.6 Å². The SMILES string of the molecule is CC(C)Oc1ccc(CNC(=O)C2COc3ccccc3C2)cn1. The van der Waals surface area contributed by atoms with Gasteiger partial charge >= 0.3 is 0 Å². The third-order valence-electron chi connectivity index (χ3n) is 3.87. The molecular weight excluding hydrogens is 304 g/mol. The summed E-state index contributed by atoms with van der Waals surface area (Å²) in [6.07, 6.45) is 2.53. The summed E-state index contributed by atoms with van der Waals surface area (Å²) in [5.41, 5.74) is 2.03. The van der Waals surface area contributed by atoms with Gasteiger partial charge in [-0.3, -0.25) is 4.79 Å². The number of nitrogens with zero attached hydrogens (tertiary/aromatic N) is 1. The highest BCUT2D eigenvalue weighted by atomic mass is 16.5. The van der Waals surface area contributed by atoms with Crippen molar-refractivity contribution in [3.63, 3.8) is 0 Å². The first-order chi connectivity index (χ1) is 11.6. The quantitative estimate of drug-likeness (QED) is 0.918. The predicted molar refractivity (Wildman–Crippen MR) is 91.0 cm³/mol. The Bertz CT molecular complexity index is 698. The van der Waals surface area contributed by atoms with Gasteiger partial charge < -0.3 is 14.8 Å². The lowest BCUT2D eigenvalue weighted by Gasteiger charge is -2.24. The Morgan fingerprint density at radius 3 is 2.92 bits per heavy atom. The molecule has 0 saturated heterocycles. The number of rotatable bonds is 5. The summed E-state index contributed by atoms with van der Waals surface area (Å²) >= 11 is 0. The van der Waals surface area contributed by atoms with E-state index in [9.17, 15) is 4.79 Å². The molecule has 2 heterocycles. The van der Waals surface area contributed by atoms with Crippen molar-refractivity contribution in [1.82, 2.24) is 10.3 Å². The van der Waals surface area contributed by atoms with Crippen molar-refractivity contribution < 1.29 is 14.3 Å². The Morgan fingerprint density at radius 2 is 2.17 bits per heavy atom. The molecule has 0 aliphatic carbocycles. The summed E-state index contributed by atoms with van der Waals surface area (Å²) in [4.78, 5) is 16.6. The van der Waals surface area contributed by atoms with Gasteiger partial charge in [0.2, 0.25) is 11.8 Å². The Labute approximate surface area is 142 Å². The third kappa shape index (κ3) is 4.04. The first-order valence-electron chi connectivity index (χ1n) is 8.22. The highest BCUT2D eigenvalue weighted by Crippen LogP contribution is 2.26. The molecule has 0 fully saturated rings. The Balaban J connectivity index is 1.53. The molecule has 1 N–H and O–H groups in total. The Kier molecular flexibility index (Phi) is 4.99. The monoisotopic (exact) mass is 326 g/mol. The van der Waals surface area contributed by atoms with Crippen LogP contribution in [0.5, 0.6) is 11.6 Å². The van der Waals surface area contributed by atoms with Crippen LogP contribution in [0.4, 0.5) is 0 Å². The molecule has 1 aromatic carbocycles. The fourth-order valence-corrected chi connectivity index (χ4v) is 2.66. The molecular formula is C19H22N2O3. The zero-order valence-corrected chi connectivity index (χ0v) is 14.0. The van der Waals surface area contributed by atoms with Crippen LogP contribution in [0.25, 0.3) is 0 Å². The van der Waals surface area contributed by atoms with Gasteiger partial charge in [0.15, 0.2) is 0 Å². The Hall–Kier alpha value is -2.56. The number of nitrogens with one attached hydrogen (secondary N) is 1. The molecule has 3 rings (SSSR count). The van der Waals surface area contributed by atoms with Crippen molar-refractivity contribution in [2.75, 3.05) is 6.61 Å². The zero-order chi connectivity index (χ0) is 16.9. The summed E-state index contributed by atoms with van der Waals surface area (Å²) in [6, 6.07) is 11.6. The average molecular weight is 326 g/mol. The van der Waals surface area contributed by atoms with Crippen LogP contribution in [0.3, 0.4) is 0 Å². The number of amides is 1. The lowest BCUT2D eigenvalue weighted by molar-refractivity contribution is -0.126. The summed E-state index contributed by atoms with van der Waals surface area (Å²) in [7, 11) is 0. The molecule has 1 aliphatic heterocycles. The summed E-state index contributed by atoms with van der Waals surface area (Å²) in [5.74, 6) is 1.33. The van der Waals surface area contributed by atoms with Gasteiger partial charge in [0, 0.05) is 18.8 Å². The molecule has 1 aromatic heterocycles. The summed E-state index contributed by atoms with van der Waals surface area (Å²) in [5, 5.41) is 2.96. The Morgan fingerprint density at radius 1 is 1.33 bits per heavy atom. The molecule has 2 aromatic rings. The first-order valence-corrected chi connectivity index (χ1v) is 8.22. The molecule has 0 spiro atoms. The van der Waals surface area contributed by atoms with Crippen LogP contribution in [0.2, 0.25) is 0 Å². The van der Waals surface area contributed by atoms with Crippen molar-refractivity contribution in [2.24, 2.45) is 5.92 Å². The van der Waals surface area contributed by atoms with Gasteiger partial charge in [-0.05, 0) is 37.5 Å². The third-order valence-corrected chi connectivity index (χ3v) is 3.87. The normalized spacial score (nSPS) is 16.2. The molecule has 0 bridgehead atoms. The van der Waals surface area contributed by atoms with Gasteiger partial charge in [0.1, 0.15) is 12.4 Å². The number of hydrogen-bond donors (Lipinski definition) is 1. The second-order valence-corrected chi connectivity index (χ2v) is 6.21. The van der Waals surface area contributed by atoms with Gasteiger partial charge in [-0.15, -0.1) is 0 Å². The lowest BCUT2D eigenvalue weighted by atomic mass is 9.96. The summed E-state index contributed by atoms with van der Waals surface area (Å²) < 4.78 is 11.2. The highest BCUT2D eigenvalue weighted by molar-refractivity contribution is 5.79. The minimum Gasteiger partial charge on any atom is -0.492 e. The van der Waals surface area contributed by atoms with Crippen LogP contribution < -0.4 is 14.8 Å². The van der Waals surface area contributed by atoms with Crippen LogP contribution >= 0.6 is 0 Å². The fourth-order valence-electron chi connectivity index (χ4n) is 2.66. The molecule has 5 nitrogen and oxygen atoms in total. The predicted octanol–water partition coefficient (Wildman–Crippen LogP) is 2.74. The molecule has 0 radical (unpaired) electrons. The number of benzene rings is 1. The van der Waals surface area contributed by atoms with Crippen molar-refractivity contribution in [2.45, 2.75) is 32.9 Å². The zero-order valence-electron chi connectivity index (χ0n) is 14.0. The van der Waals surface area contributed by atoms with E-state index < -0.39 is 0 Å². The largest absolute Gasteiger partial charge is 0.492 e. The van der Waals surface area contributed by atoms with Crippen LogP contribution in [-0.4, -0.2) is 23.6 Å². The van der Waals surface area contributed by atoms with Gasteiger partial charge in [-0.1, -0.05) is 24.3 Å². The van der Waals surface area contributed by atoms with E-state index in [1.807, 2.05) is 50.2 Å².